The van der Waals surface area contributed by atoms with Crippen molar-refractivity contribution in [3.8, 4) is 0 Å². The molecule has 8 heteroatoms. The second kappa shape index (κ2) is 8.62. The van der Waals surface area contributed by atoms with Crippen molar-refractivity contribution in [3.05, 3.63) is 63.6 Å². The molecule has 0 aliphatic heterocycles. The molecule has 2 aromatic carbocycles. The Morgan fingerprint density at radius 1 is 1.12 bits per heavy atom. The molecule has 0 saturated heterocycles. The number of amides is 1. The number of halogens is 2. The molecule has 128 valence electrons. The van der Waals surface area contributed by atoms with E-state index in [4.69, 9.17) is 11.6 Å². The Kier molecular flexibility index (Phi) is 6.79. The number of benzene rings is 2. The van der Waals surface area contributed by atoms with Gasteiger partial charge in [-0.1, -0.05) is 57.9 Å². The Bertz CT molecular complexity index is 813. The average Bonchev–Trinajstić information content (AvgIpc) is 2.54. The van der Waals surface area contributed by atoms with Crippen LogP contribution in [0.4, 0.5) is 0 Å². The van der Waals surface area contributed by atoms with Crippen LogP contribution in [0, 0.1) is 0 Å². The van der Waals surface area contributed by atoms with Crippen LogP contribution in [0.2, 0.25) is 5.02 Å². The van der Waals surface area contributed by atoms with Crippen LogP contribution in [0.3, 0.4) is 0 Å². The highest BCUT2D eigenvalue weighted by Crippen LogP contribution is 2.24. The highest BCUT2D eigenvalue weighted by Gasteiger charge is 2.18. The summed E-state index contributed by atoms with van der Waals surface area (Å²) >= 11 is 9.14. The standard InChI is InChI=1S/C16H16BrClN2O3S/c17-13-6-7-15(14(18)10-13)24(22,23)20-11-16(21)19-9-8-12-4-2-1-3-5-12/h1-7,10,20H,8-9,11H2,(H,19,21). The molecule has 0 aromatic heterocycles. The molecule has 0 fully saturated rings. The lowest BCUT2D eigenvalue weighted by Gasteiger charge is -2.09. The fraction of sp³-hybridized carbons (Fsp3) is 0.188. The lowest BCUT2D eigenvalue weighted by molar-refractivity contribution is -0.119. The van der Waals surface area contributed by atoms with Crippen molar-refractivity contribution in [2.24, 2.45) is 0 Å². The SMILES string of the molecule is O=C(CNS(=O)(=O)c1ccc(Br)cc1Cl)NCCc1ccccc1. The molecule has 1 amide bonds. The van der Waals surface area contributed by atoms with E-state index >= 15 is 0 Å². The summed E-state index contributed by atoms with van der Waals surface area (Å²) < 4.78 is 27.3. The zero-order valence-electron chi connectivity index (χ0n) is 12.6. The summed E-state index contributed by atoms with van der Waals surface area (Å²) in [6.07, 6.45) is 0.678. The number of sulfonamides is 1. The van der Waals surface area contributed by atoms with E-state index in [9.17, 15) is 13.2 Å². The Hall–Kier alpha value is -1.41. The van der Waals surface area contributed by atoms with Crippen molar-refractivity contribution in [3.63, 3.8) is 0 Å². The molecule has 0 radical (unpaired) electrons. The van der Waals surface area contributed by atoms with Gasteiger partial charge in [-0.3, -0.25) is 4.79 Å². The fourth-order valence-electron chi connectivity index (χ4n) is 1.98. The minimum atomic E-state index is -3.84. The van der Waals surface area contributed by atoms with Crippen molar-refractivity contribution in [2.75, 3.05) is 13.1 Å². The molecule has 0 bridgehead atoms. The summed E-state index contributed by atoms with van der Waals surface area (Å²) in [4.78, 5) is 11.7. The first kappa shape index (κ1) is 18.9. The Balaban J connectivity index is 1.84. The number of hydrogen-bond donors (Lipinski definition) is 2. The van der Waals surface area contributed by atoms with Crippen molar-refractivity contribution in [1.82, 2.24) is 10.0 Å². The Morgan fingerprint density at radius 3 is 2.50 bits per heavy atom. The van der Waals surface area contributed by atoms with Gasteiger partial charge in [-0.15, -0.1) is 0 Å². The highest BCUT2D eigenvalue weighted by molar-refractivity contribution is 9.10. The molecule has 24 heavy (non-hydrogen) atoms. The molecule has 0 atom stereocenters. The number of carbonyl (C=O) groups is 1. The van der Waals surface area contributed by atoms with Gasteiger partial charge in [0.25, 0.3) is 0 Å². The zero-order valence-corrected chi connectivity index (χ0v) is 15.8. The van der Waals surface area contributed by atoms with Gasteiger partial charge in [0, 0.05) is 11.0 Å². The molecule has 2 aromatic rings. The molecule has 0 unspecified atom stereocenters. The quantitative estimate of drug-likeness (QED) is 0.708. The first-order valence-corrected chi connectivity index (χ1v) is 9.79. The van der Waals surface area contributed by atoms with E-state index in [0.717, 1.165) is 5.56 Å². The van der Waals surface area contributed by atoms with Gasteiger partial charge in [0.05, 0.1) is 11.6 Å². The maximum atomic E-state index is 12.2. The molecule has 0 heterocycles. The predicted octanol–water partition coefficient (Wildman–Crippen LogP) is 2.74. The van der Waals surface area contributed by atoms with Crippen LogP contribution in [0.25, 0.3) is 0 Å². The van der Waals surface area contributed by atoms with Crippen LogP contribution < -0.4 is 10.0 Å². The summed E-state index contributed by atoms with van der Waals surface area (Å²) in [5.74, 6) is -0.400. The van der Waals surface area contributed by atoms with Crippen molar-refractivity contribution >= 4 is 43.5 Å². The topological polar surface area (TPSA) is 75.3 Å². The highest BCUT2D eigenvalue weighted by atomic mass is 79.9. The van der Waals surface area contributed by atoms with E-state index in [0.29, 0.717) is 17.4 Å². The van der Waals surface area contributed by atoms with E-state index in [1.165, 1.54) is 12.1 Å². The number of rotatable bonds is 7. The van der Waals surface area contributed by atoms with Crippen molar-refractivity contribution in [2.45, 2.75) is 11.3 Å². The lowest BCUT2D eigenvalue weighted by Crippen LogP contribution is -2.37. The predicted molar refractivity (Wildman–Crippen MR) is 97.5 cm³/mol. The van der Waals surface area contributed by atoms with E-state index in [-0.39, 0.29) is 16.5 Å². The maximum Gasteiger partial charge on any atom is 0.242 e. The molecule has 2 N–H and O–H groups in total. The summed E-state index contributed by atoms with van der Waals surface area (Å²) in [5.41, 5.74) is 1.10. The lowest BCUT2D eigenvalue weighted by atomic mass is 10.1. The van der Waals surface area contributed by atoms with Gasteiger partial charge >= 0.3 is 0 Å². The molecular formula is C16H16BrClN2O3S. The third-order valence-corrected chi connectivity index (χ3v) is 5.56. The van der Waals surface area contributed by atoms with Gasteiger partial charge in [0.1, 0.15) is 4.90 Å². The molecule has 0 saturated carbocycles. The van der Waals surface area contributed by atoms with Crippen molar-refractivity contribution < 1.29 is 13.2 Å². The van der Waals surface area contributed by atoms with Crippen LogP contribution in [0.15, 0.2) is 57.9 Å². The van der Waals surface area contributed by atoms with Gasteiger partial charge in [0.15, 0.2) is 0 Å². The summed E-state index contributed by atoms with van der Waals surface area (Å²) in [7, 11) is -3.84. The normalized spacial score (nSPS) is 11.2. The molecule has 0 spiro atoms. The van der Waals surface area contributed by atoms with E-state index < -0.39 is 15.9 Å². The van der Waals surface area contributed by atoms with Crippen LogP contribution in [-0.4, -0.2) is 27.4 Å². The first-order valence-electron chi connectivity index (χ1n) is 7.14. The summed E-state index contributed by atoms with van der Waals surface area (Å²) in [5, 5.41) is 2.76. The largest absolute Gasteiger partial charge is 0.355 e. The first-order chi connectivity index (χ1) is 11.4. The molecule has 2 rings (SSSR count). The van der Waals surface area contributed by atoms with Gasteiger partial charge < -0.3 is 5.32 Å². The van der Waals surface area contributed by atoms with E-state index in [1.54, 1.807) is 6.07 Å². The van der Waals surface area contributed by atoms with Crippen LogP contribution >= 0.6 is 27.5 Å². The van der Waals surface area contributed by atoms with Gasteiger partial charge in [-0.05, 0) is 30.2 Å². The maximum absolute atomic E-state index is 12.2. The zero-order chi connectivity index (χ0) is 17.6. The van der Waals surface area contributed by atoms with E-state index in [1.807, 2.05) is 30.3 Å². The second-order valence-electron chi connectivity index (χ2n) is 4.98. The number of carbonyl (C=O) groups excluding carboxylic acids is 1. The van der Waals surface area contributed by atoms with Gasteiger partial charge in [-0.25, -0.2) is 13.1 Å². The molecule has 0 aliphatic rings. The van der Waals surface area contributed by atoms with Crippen molar-refractivity contribution in [1.29, 1.82) is 0 Å². The minimum Gasteiger partial charge on any atom is -0.355 e. The van der Waals surface area contributed by atoms with E-state index in [2.05, 4.69) is 26.0 Å². The van der Waals surface area contributed by atoms with Crippen LogP contribution in [0.1, 0.15) is 5.56 Å². The van der Waals surface area contributed by atoms with Crippen LogP contribution in [-0.2, 0) is 21.2 Å². The number of nitrogens with one attached hydrogen (secondary N) is 2. The molecule has 0 aliphatic carbocycles. The van der Waals surface area contributed by atoms with Crippen LogP contribution in [0.5, 0.6) is 0 Å². The molecule has 5 nitrogen and oxygen atoms in total. The minimum absolute atomic E-state index is 0.0653. The fourth-order valence-corrected chi connectivity index (χ4v) is 4.00. The number of hydrogen-bond acceptors (Lipinski definition) is 3. The second-order valence-corrected chi connectivity index (χ2v) is 8.04. The smallest absolute Gasteiger partial charge is 0.242 e. The third-order valence-electron chi connectivity index (χ3n) is 3.18. The third kappa shape index (κ3) is 5.59. The van der Waals surface area contributed by atoms with Gasteiger partial charge in [0.2, 0.25) is 15.9 Å². The Morgan fingerprint density at radius 2 is 1.83 bits per heavy atom. The Labute approximate surface area is 154 Å². The monoisotopic (exact) mass is 430 g/mol. The van der Waals surface area contributed by atoms with Gasteiger partial charge in [-0.2, -0.15) is 0 Å². The molecular weight excluding hydrogens is 416 g/mol. The summed E-state index contributed by atoms with van der Waals surface area (Å²) in [6, 6.07) is 14.1. The average molecular weight is 432 g/mol. The summed E-state index contributed by atoms with van der Waals surface area (Å²) in [6.45, 7) is 0.0904.